The number of hydrogen-bond donors (Lipinski definition) is 2. The minimum absolute atomic E-state index is 0.863. The predicted octanol–water partition coefficient (Wildman–Crippen LogP) is 3.61. The molecular weight excluding hydrogens is 342 g/mol. The molecule has 1 fully saturated rings. The molecule has 2 aromatic carbocycles. The lowest BCUT2D eigenvalue weighted by molar-refractivity contribution is -0.159. The molecule has 1 aliphatic rings. The summed E-state index contributed by atoms with van der Waals surface area (Å²) < 4.78 is 0. The molecule has 27 heavy (non-hydrogen) atoms. The van der Waals surface area contributed by atoms with Crippen molar-refractivity contribution in [3.63, 3.8) is 0 Å². The number of benzene rings is 2. The molecule has 0 spiro atoms. The van der Waals surface area contributed by atoms with Crippen LogP contribution in [0.15, 0.2) is 54.6 Å². The van der Waals surface area contributed by atoms with Gasteiger partial charge in [-0.05, 0) is 56.3 Å². The van der Waals surface area contributed by atoms with Crippen LogP contribution in [0.25, 0.3) is 0 Å². The van der Waals surface area contributed by atoms with Crippen LogP contribution in [0, 0.1) is 12.8 Å². The zero-order valence-corrected chi connectivity index (χ0v) is 15.7. The van der Waals surface area contributed by atoms with Gasteiger partial charge in [0.25, 0.3) is 0 Å². The van der Waals surface area contributed by atoms with Crippen molar-refractivity contribution in [2.75, 3.05) is 13.1 Å². The SMILES string of the molecule is Cc1ccc(CN2CCC(Cc3ccccc3)CC2)cc1.O=C(O)C(=O)O. The summed E-state index contributed by atoms with van der Waals surface area (Å²) in [4.78, 5) is 20.8. The molecule has 0 amide bonds. The Balaban J connectivity index is 0.000000380. The summed E-state index contributed by atoms with van der Waals surface area (Å²) in [7, 11) is 0. The second-order valence-electron chi connectivity index (χ2n) is 7.01. The first-order valence-corrected chi connectivity index (χ1v) is 9.22. The maximum atomic E-state index is 9.10. The van der Waals surface area contributed by atoms with Gasteiger partial charge in [0, 0.05) is 6.54 Å². The Morgan fingerprint density at radius 1 is 0.889 bits per heavy atom. The first kappa shape index (κ1) is 20.6. The van der Waals surface area contributed by atoms with Crippen LogP contribution in [0.3, 0.4) is 0 Å². The van der Waals surface area contributed by atoms with Crippen molar-refractivity contribution in [3.05, 3.63) is 71.3 Å². The molecule has 0 radical (unpaired) electrons. The van der Waals surface area contributed by atoms with Gasteiger partial charge in [-0.15, -0.1) is 0 Å². The fourth-order valence-electron chi connectivity index (χ4n) is 3.25. The number of carbonyl (C=O) groups is 2. The standard InChI is InChI=1S/C20H25N.C2H2O4/c1-17-7-9-20(10-8-17)16-21-13-11-19(12-14-21)15-18-5-3-2-4-6-18;3-1(4)2(5)6/h2-10,19H,11-16H2,1H3;(H,3,4)(H,5,6). The largest absolute Gasteiger partial charge is 0.473 e. The lowest BCUT2D eigenvalue weighted by Crippen LogP contribution is -2.33. The van der Waals surface area contributed by atoms with E-state index in [0.29, 0.717) is 0 Å². The lowest BCUT2D eigenvalue weighted by Gasteiger charge is -2.32. The van der Waals surface area contributed by atoms with E-state index in [1.54, 1.807) is 0 Å². The van der Waals surface area contributed by atoms with Gasteiger partial charge in [-0.25, -0.2) is 9.59 Å². The monoisotopic (exact) mass is 369 g/mol. The molecule has 0 aliphatic carbocycles. The number of rotatable bonds is 4. The van der Waals surface area contributed by atoms with Gasteiger partial charge >= 0.3 is 11.9 Å². The Morgan fingerprint density at radius 2 is 1.44 bits per heavy atom. The third-order valence-corrected chi connectivity index (χ3v) is 4.78. The van der Waals surface area contributed by atoms with E-state index >= 15 is 0 Å². The van der Waals surface area contributed by atoms with E-state index < -0.39 is 11.9 Å². The van der Waals surface area contributed by atoms with Crippen molar-refractivity contribution < 1.29 is 19.8 Å². The quantitative estimate of drug-likeness (QED) is 0.805. The molecule has 2 aromatic rings. The van der Waals surface area contributed by atoms with E-state index in [4.69, 9.17) is 19.8 Å². The summed E-state index contributed by atoms with van der Waals surface area (Å²) in [5.74, 6) is -2.79. The highest BCUT2D eigenvalue weighted by molar-refractivity contribution is 6.27. The molecule has 0 bridgehead atoms. The van der Waals surface area contributed by atoms with Crippen LogP contribution in [0.1, 0.15) is 29.5 Å². The van der Waals surface area contributed by atoms with Crippen molar-refractivity contribution in [2.45, 2.75) is 32.7 Å². The first-order valence-electron chi connectivity index (χ1n) is 9.22. The number of carboxylic acids is 2. The van der Waals surface area contributed by atoms with E-state index in [2.05, 4.69) is 66.4 Å². The number of likely N-dealkylation sites (tertiary alicyclic amines) is 1. The fraction of sp³-hybridized carbons (Fsp3) is 0.364. The Morgan fingerprint density at radius 3 is 1.96 bits per heavy atom. The van der Waals surface area contributed by atoms with E-state index in [0.717, 1.165) is 12.5 Å². The van der Waals surface area contributed by atoms with E-state index in [9.17, 15) is 0 Å². The molecule has 0 saturated carbocycles. The molecule has 0 aromatic heterocycles. The number of hydrogen-bond acceptors (Lipinski definition) is 3. The fourth-order valence-corrected chi connectivity index (χ4v) is 3.25. The van der Waals surface area contributed by atoms with Crippen LogP contribution in [0.5, 0.6) is 0 Å². The summed E-state index contributed by atoms with van der Waals surface area (Å²) in [5, 5.41) is 14.8. The average molecular weight is 369 g/mol. The highest BCUT2D eigenvalue weighted by Crippen LogP contribution is 2.22. The summed E-state index contributed by atoms with van der Waals surface area (Å²) in [6.45, 7) is 5.74. The van der Waals surface area contributed by atoms with Gasteiger partial charge in [0.2, 0.25) is 0 Å². The minimum Gasteiger partial charge on any atom is -0.473 e. The predicted molar refractivity (Wildman–Crippen MR) is 105 cm³/mol. The van der Waals surface area contributed by atoms with Crippen LogP contribution in [-0.2, 0) is 22.6 Å². The van der Waals surface area contributed by atoms with E-state index in [1.807, 2.05) is 0 Å². The average Bonchev–Trinajstić information content (AvgIpc) is 2.66. The normalized spacial score (nSPS) is 14.9. The molecule has 0 unspecified atom stereocenters. The van der Waals surface area contributed by atoms with Crippen LogP contribution >= 0.6 is 0 Å². The summed E-state index contributed by atoms with van der Waals surface area (Å²) in [6.07, 6.45) is 3.92. The highest BCUT2D eigenvalue weighted by Gasteiger charge is 2.19. The molecule has 2 N–H and O–H groups in total. The summed E-state index contributed by atoms with van der Waals surface area (Å²) >= 11 is 0. The third kappa shape index (κ3) is 7.62. The molecule has 144 valence electrons. The molecule has 5 heteroatoms. The lowest BCUT2D eigenvalue weighted by atomic mass is 9.90. The molecule has 1 saturated heterocycles. The van der Waals surface area contributed by atoms with Gasteiger partial charge in [0.1, 0.15) is 0 Å². The Labute approximate surface area is 160 Å². The molecular formula is C22H27NO4. The molecule has 1 heterocycles. The number of nitrogens with zero attached hydrogens (tertiary/aromatic N) is 1. The van der Waals surface area contributed by atoms with Crippen molar-refractivity contribution in [1.29, 1.82) is 0 Å². The third-order valence-electron chi connectivity index (χ3n) is 4.78. The molecule has 1 aliphatic heterocycles. The van der Waals surface area contributed by atoms with Gasteiger partial charge in [0.05, 0.1) is 0 Å². The number of aliphatic carboxylic acids is 2. The maximum absolute atomic E-state index is 9.10. The maximum Gasteiger partial charge on any atom is 0.414 e. The first-order chi connectivity index (χ1) is 12.9. The van der Waals surface area contributed by atoms with Crippen LogP contribution in [0.2, 0.25) is 0 Å². The van der Waals surface area contributed by atoms with Crippen LogP contribution in [0.4, 0.5) is 0 Å². The second-order valence-corrected chi connectivity index (χ2v) is 7.01. The zero-order chi connectivity index (χ0) is 19.6. The smallest absolute Gasteiger partial charge is 0.414 e. The Kier molecular flexibility index (Phi) is 8.01. The Bertz CT molecular complexity index is 708. The highest BCUT2D eigenvalue weighted by atomic mass is 16.4. The van der Waals surface area contributed by atoms with Crippen molar-refractivity contribution >= 4 is 11.9 Å². The van der Waals surface area contributed by atoms with Crippen LogP contribution in [-0.4, -0.2) is 40.1 Å². The van der Waals surface area contributed by atoms with Crippen molar-refractivity contribution in [1.82, 2.24) is 4.90 Å². The zero-order valence-electron chi connectivity index (χ0n) is 15.7. The summed E-state index contributed by atoms with van der Waals surface area (Å²) in [6, 6.07) is 19.9. The van der Waals surface area contributed by atoms with Crippen molar-refractivity contribution in [3.8, 4) is 0 Å². The topological polar surface area (TPSA) is 77.8 Å². The van der Waals surface area contributed by atoms with Crippen LogP contribution < -0.4 is 0 Å². The van der Waals surface area contributed by atoms with E-state index in [1.165, 1.54) is 49.0 Å². The van der Waals surface area contributed by atoms with Gasteiger partial charge in [0.15, 0.2) is 0 Å². The van der Waals surface area contributed by atoms with E-state index in [-0.39, 0.29) is 0 Å². The van der Waals surface area contributed by atoms with Gasteiger partial charge < -0.3 is 10.2 Å². The number of carboxylic acid groups (broad SMARTS) is 2. The van der Waals surface area contributed by atoms with Gasteiger partial charge in [-0.1, -0.05) is 60.2 Å². The number of aryl methyl sites for hydroxylation is 1. The molecule has 0 atom stereocenters. The molecule has 5 nitrogen and oxygen atoms in total. The number of piperidine rings is 1. The second kappa shape index (κ2) is 10.5. The molecule has 3 rings (SSSR count). The Hall–Kier alpha value is -2.66. The van der Waals surface area contributed by atoms with Gasteiger partial charge in [-0.2, -0.15) is 0 Å². The minimum atomic E-state index is -1.82. The van der Waals surface area contributed by atoms with Gasteiger partial charge in [-0.3, -0.25) is 4.90 Å². The summed E-state index contributed by atoms with van der Waals surface area (Å²) in [5.41, 5.74) is 4.29. The van der Waals surface area contributed by atoms with Crippen molar-refractivity contribution in [2.24, 2.45) is 5.92 Å².